The molecule has 6 rings (SSSR count). The highest BCUT2D eigenvalue weighted by atomic mass is 16.7. The maximum Gasteiger partial charge on any atom is 0.331 e. The zero-order valence-corrected chi connectivity index (χ0v) is 21.4. The van der Waals surface area contributed by atoms with Crippen molar-refractivity contribution in [2.24, 2.45) is 0 Å². The van der Waals surface area contributed by atoms with Crippen molar-refractivity contribution in [1.82, 2.24) is 4.90 Å². The summed E-state index contributed by atoms with van der Waals surface area (Å²) in [5.74, 6) is -1.42. The molecule has 4 aliphatic rings. The molecule has 1 unspecified atom stereocenters. The van der Waals surface area contributed by atoms with E-state index in [-0.39, 0.29) is 52.0 Å². The number of carbonyl (C=O) groups is 3. The Balaban J connectivity index is 1.53. The first kappa shape index (κ1) is 24.6. The lowest BCUT2D eigenvalue weighted by Crippen LogP contribution is -2.43. The smallest absolute Gasteiger partial charge is 0.331 e. The maximum absolute atomic E-state index is 14.3. The van der Waals surface area contributed by atoms with Gasteiger partial charge in [0.25, 0.3) is 0 Å². The molecule has 5 atom stereocenters. The minimum Gasteiger partial charge on any atom is -0.507 e. The van der Waals surface area contributed by atoms with Crippen LogP contribution in [0.2, 0.25) is 0 Å². The van der Waals surface area contributed by atoms with E-state index < -0.39 is 42.2 Å². The van der Waals surface area contributed by atoms with Gasteiger partial charge in [-0.2, -0.15) is 0 Å². The quantitative estimate of drug-likeness (QED) is 0.581. The van der Waals surface area contributed by atoms with Crippen molar-refractivity contribution in [2.75, 3.05) is 0 Å². The number of phenols is 1. The van der Waals surface area contributed by atoms with Gasteiger partial charge in [0.15, 0.2) is 5.78 Å². The van der Waals surface area contributed by atoms with E-state index >= 15 is 0 Å². The fourth-order valence-electron chi connectivity index (χ4n) is 6.10. The number of carbonyl (C=O) groups excluding carboxylic acids is 3. The zero-order chi connectivity index (χ0) is 26.9. The molecule has 3 heterocycles. The Kier molecular flexibility index (Phi) is 5.81. The molecule has 0 radical (unpaired) electrons. The summed E-state index contributed by atoms with van der Waals surface area (Å²) < 4.78 is 17.7. The first-order chi connectivity index (χ1) is 18.2. The fourth-order valence-corrected chi connectivity index (χ4v) is 6.10. The van der Waals surface area contributed by atoms with E-state index in [9.17, 15) is 24.6 Å². The van der Waals surface area contributed by atoms with Crippen molar-refractivity contribution < 1.29 is 38.8 Å². The van der Waals surface area contributed by atoms with Crippen LogP contribution in [0.5, 0.6) is 11.5 Å². The number of benzene rings is 2. The van der Waals surface area contributed by atoms with Crippen molar-refractivity contribution in [3.63, 3.8) is 0 Å². The van der Waals surface area contributed by atoms with E-state index in [0.717, 1.165) is 5.56 Å². The molecule has 1 aliphatic carbocycles. The third-order valence-corrected chi connectivity index (χ3v) is 7.60. The molecule has 0 amide bonds. The molecule has 0 aromatic heterocycles. The van der Waals surface area contributed by atoms with E-state index in [0.29, 0.717) is 24.8 Å². The van der Waals surface area contributed by atoms with Crippen LogP contribution in [0.4, 0.5) is 0 Å². The SMILES string of the molecule is CCC[C@@H]1C(=O)OC2c3cc(C)cc(O)c3C3=C(C(=O)c4c(O[C@H]5C[C@@H](O)C[C@H](C)O5)cccc4C3=O)N21. The Morgan fingerprint density at radius 1 is 1.11 bits per heavy atom. The highest BCUT2D eigenvalue weighted by Gasteiger charge is 2.53. The number of ketones is 2. The third kappa shape index (κ3) is 3.64. The molecular formula is C29H29NO8. The number of aliphatic hydroxyl groups excluding tert-OH is 1. The highest BCUT2D eigenvalue weighted by molar-refractivity contribution is 6.41. The number of hydrogen-bond donors (Lipinski definition) is 2. The Hall–Kier alpha value is -3.69. The number of aliphatic hydroxyl groups is 1. The van der Waals surface area contributed by atoms with Gasteiger partial charge in [-0.15, -0.1) is 0 Å². The molecule has 38 heavy (non-hydrogen) atoms. The summed E-state index contributed by atoms with van der Waals surface area (Å²) in [5.41, 5.74) is 1.70. The van der Waals surface area contributed by atoms with Crippen LogP contribution in [-0.4, -0.2) is 57.2 Å². The topological polar surface area (TPSA) is 123 Å². The van der Waals surface area contributed by atoms with Gasteiger partial charge in [-0.05, 0) is 50.5 Å². The summed E-state index contributed by atoms with van der Waals surface area (Å²) in [6, 6.07) is 7.32. The van der Waals surface area contributed by atoms with E-state index in [2.05, 4.69) is 0 Å². The minimum atomic E-state index is -0.942. The Morgan fingerprint density at radius 2 is 1.89 bits per heavy atom. The monoisotopic (exact) mass is 519 g/mol. The summed E-state index contributed by atoms with van der Waals surface area (Å²) in [4.78, 5) is 43.0. The summed E-state index contributed by atoms with van der Waals surface area (Å²) in [6.07, 6.45) is -0.801. The second-order valence-electron chi connectivity index (χ2n) is 10.4. The predicted octanol–water partition coefficient (Wildman–Crippen LogP) is 3.80. The van der Waals surface area contributed by atoms with E-state index in [1.54, 1.807) is 36.1 Å². The van der Waals surface area contributed by atoms with Gasteiger partial charge in [-0.3, -0.25) is 9.59 Å². The second kappa shape index (κ2) is 8.96. The number of allylic oxidation sites excluding steroid dienone is 2. The highest BCUT2D eigenvalue weighted by Crippen LogP contribution is 2.52. The van der Waals surface area contributed by atoms with Gasteiger partial charge in [0.05, 0.1) is 23.3 Å². The van der Waals surface area contributed by atoms with Crippen LogP contribution in [0, 0.1) is 6.92 Å². The minimum absolute atomic E-state index is 0.0254. The lowest BCUT2D eigenvalue weighted by atomic mass is 9.78. The van der Waals surface area contributed by atoms with Crippen molar-refractivity contribution in [2.45, 2.75) is 77.2 Å². The number of ether oxygens (including phenoxy) is 3. The van der Waals surface area contributed by atoms with Crippen molar-refractivity contribution in [3.8, 4) is 11.5 Å². The predicted molar refractivity (Wildman–Crippen MR) is 134 cm³/mol. The van der Waals surface area contributed by atoms with Crippen molar-refractivity contribution >= 4 is 23.1 Å². The number of aromatic hydroxyl groups is 1. The zero-order valence-electron chi connectivity index (χ0n) is 21.4. The molecule has 0 saturated carbocycles. The van der Waals surface area contributed by atoms with Gasteiger partial charge in [0, 0.05) is 23.1 Å². The Labute approximate surface area is 219 Å². The van der Waals surface area contributed by atoms with Crippen LogP contribution in [0.3, 0.4) is 0 Å². The van der Waals surface area contributed by atoms with Gasteiger partial charge >= 0.3 is 5.97 Å². The summed E-state index contributed by atoms with van der Waals surface area (Å²) in [7, 11) is 0. The Bertz CT molecular complexity index is 1400. The molecular weight excluding hydrogens is 490 g/mol. The van der Waals surface area contributed by atoms with Gasteiger partial charge < -0.3 is 29.3 Å². The maximum atomic E-state index is 14.3. The van der Waals surface area contributed by atoms with Crippen LogP contribution in [0.25, 0.3) is 5.57 Å². The number of rotatable bonds is 4. The molecule has 2 fully saturated rings. The molecule has 0 bridgehead atoms. The number of hydrogen-bond acceptors (Lipinski definition) is 9. The van der Waals surface area contributed by atoms with Crippen LogP contribution in [0.15, 0.2) is 36.0 Å². The van der Waals surface area contributed by atoms with Crippen LogP contribution in [0.1, 0.15) is 83.2 Å². The average molecular weight is 520 g/mol. The van der Waals surface area contributed by atoms with E-state index in [1.165, 1.54) is 6.07 Å². The van der Waals surface area contributed by atoms with Gasteiger partial charge in [0.2, 0.25) is 18.3 Å². The molecule has 9 heteroatoms. The molecule has 2 aromatic carbocycles. The van der Waals surface area contributed by atoms with Crippen LogP contribution in [-0.2, 0) is 14.3 Å². The van der Waals surface area contributed by atoms with Gasteiger partial charge in [-0.1, -0.05) is 25.5 Å². The third-order valence-electron chi connectivity index (χ3n) is 7.60. The summed E-state index contributed by atoms with van der Waals surface area (Å²) in [5, 5.41) is 21.2. The molecule has 3 aliphatic heterocycles. The lowest BCUT2D eigenvalue weighted by Gasteiger charge is -2.39. The molecule has 2 saturated heterocycles. The molecule has 198 valence electrons. The van der Waals surface area contributed by atoms with Gasteiger partial charge in [-0.25, -0.2) is 4.79 Å². The molecule has 9 nitrogen and oxygen atoms in total. The van der Waals surface area contributed by atoms with Crippen molar-refractivity contribution in [1.29, 1.82) is 0 Å². The molecule has 2 N–H and O–H groups in total. The number of esters is 1. The van der Waals surface area contributed by atoms with Crippen LogP contribution < -0.4 is 4.74 Å². The van der Waals surface area contributed by atoms with Crippen LogP contribution >= 0.6 is 0 Å². The average Bonchev–Trinajstić information content (AvgIpc) is 3.17. The number of phenolic OH excluding ortho intramolecular Hbond substituents is 1. The van der Waals surface area contributed by atoms with E-state index in [4.69, 9.17) is 14.2 Å². The largest absolute Gasteiger partial charge is 0.507 e. The first-order valence-corrected chi connectivity index (χ1v) is 13.0. The number of fused-ring (bicyclic) bond motifs is 6. The molecule has 2 aromatic rings. The lowest BCUT2D eigenvalue weighted by molar-refractivity contribution is -0.170. The van der Waals surface area contributed by atoms with E-state index in [1.807, 2.05) is 13.8 Å². The number of aryl methyl sites for hydroxylation is 1. The number of nitrogens with zero attached hydrogens (tertiary/aromatic N) is 1. The normalized spacial score (nSPS) is 27.9. The second-order valence-corrected chi connectivity index (χ2v) is 10.4. The molecule has 0 spiro atoms. The first-order valence-electron chi connectivity index (χ1n) is 13.0. The number of Topliss-reactive ketones (excluding diaryl/α,β-unsaturated/α-hetero) is 2. The van der Waals surface area contributed by atoms with Gasteiger partial charge in [0.1, 0.15) is 23.2 Å². The summed E-state index contributed by atoms with van der Waals surface area (Å²) in [6.45, 7) is 5.56. The standard InChI is InChI=1S/C29H29NO8/c1-4-6-18-29(35)38-28-17-9-13(2)10-19(32)22(17)24-25(30(18)28)27(34)23-16(26(24)33)7-5-8-20(23)37-21-12-15(31)11-14(3)36-21/h5,7-10,14-15,18,21,28,31-32H,4,6,11-12H2,1-3H3/t14-,15-,18+,21-,28?/m0/s1. The fraction of sp³-hybridized carbons (Fsp3) is 0.414. The summed E-state index contributed by atoms with van der Waals surface area (Å²) >= 11 is 0. The Morgan fingerprint density at radius 3 is 2.63 bits per heavy atom. The van der Waals surface area contributed by atoms with Crippen molar-refractivity contribution in [3.05, 3.63) is 63.8 Å².